The first-order chi connectivity index (χ1) is 14.4. The summed E-state index contributed by atoms with van der Waals surface area (Å²) in [7, 11) is 0. The van der Waals surface area contributed by atoms with Gasteiger partial charge in [-0.1, -0.05) is 71.6 Å². The molecule has 143 valence electrons. The number of para-hydroxylation sites is 1. The molecule has 7 rings (SSSR count). The summed E-state index contributed by atoms with van der Waals surface area (Å²) >= 11 is 0. The van der Waals surface area contributed by atoms with Crippen molar-refractivity contribution in [1.82, 2.24) is 4.98 Å². The summed E-state index contributed by atoms with van der Waals surface area (Å²) in [6, 6.07) is 32.7. The van der Waals surface area contributed by atoms with Crippen molar-refractivity contribution in [2.75, 3.05) is 0 Å². The Balaban J connectivity index is 0.00000175. The van der Waals surface area contributed by atoms with E-state index in [2.05, 4.69) is 66.7 Å². The number of hydrogen-bond donors (Lipinski definition) is 0. The molecule has 2 heterocycles. The summed E-state index contributed by atoms with van der Waals surface area (Å²) in [5.41, 5.74) is 9.58. The van der Waals surface area contributed by atoms with Gasteiger partial charge in [-0.05, 0) is 40.1 Å². The van der Waals surface area contributed by atoms with Crippen LogP contribution in [-0.2, 0) is 20.1 Å². The van der Waals surface area contributed by atoms with Gasteiger partial charge in [-0.3, -0.25) is 4.98 Å². The van der Waals surface area contributed by atoms with Crippen LogP contribution in [0.2, 0.25) is 0 Å². The van der Waals surface area contributed by atoms with Crippen molar-refractivity contribution < 1.29 is 24.5 Å². The topological polar surface area (TPSA) is 26.0 Å². The van der Waals surface area contributed by atoms with Gasteiger partial charge in [0.25, 0.3) is 0 Å². The average Bonchev–Trinajstić information content (AvgIpc) is 3.31. The molecule has 30 heavy (non-hydrogen) atoms. The maximum Gasteiger partial charge on any atom is 0.120 e. The average molecular weight is 561 g/mol. The standard InChI is InChI=1S/C27H14NO.Ir/c1-2-8-17-16(7-1)19-10-6-13-23-26(19)22(17)15-24(28-23)21-12-5-11-20-18-9-3-4-14-25(18)29-27(20)21;/h1-11,13-15H;/q-1;. The van der Waals surface area contributed by atoms with Crippen LogP contribution < -0.4 is 0 Å². The molecule has 0 aliphatic heterocycles. The van der Waals surface area contributed by atoms with Crippen LogP contribution in [-0.4, -0.2) is 4.98 Å². The molecule has 0 fully saturated rings. The maximum absolute atomic E-state index is 6.23. The number of fused-ring (bicyclic) bond motifs is 6. The van der Waals surface area contributed by atoms with Crippen LogP contribution in [0, 0.1) is 6.07 Å². The minimum absolute atomic E-state index is 0. The van der Waals surface area contributed by atoms with Crippen LogP contribution in [0.1, 0.15) is 0 Å². The normalized spacial score (nSPS) is 11.7. The zero-order valence-electron chi connectivity index (χ0n) is 15.8. The molecule has 0 spiro atoms. The van der Waals surface area contributed by atoms with E-state index in [1.165, 1.54) is 27.6 Å². The molecule has 0 atom stereocenters. The fraction of sp³-hybridized carbons (Fsp3) is 0. The number of nitrogens with zero attached hydrogens (tertiary/aromatic N) is 1. The maximum atomic E-state index is 6.23. The van der Waals surface area contributed by atoms with Crippen LogP contribution in [0.15, 0.2) is 89.3 Å². The smallest absolute Gasteiger partial charge is 0.120 e. The second kappa shape index (κ2) is 6.37. The van der Waals surface area contributed by atoms with Gasteiger partial charge in [-0.15, -0.1) is 18.2 Å². The Labute approximate surface area is 186 Å². The molecule has 0 saturated heterocycles. The first-order valence-electron chi connectivity index (χ1n) is 9.74. The molecule has 0 unspecified atom stereocenters. The quantitative estimate of drug-likeness (QED) is 0.198. The van der Waals surface area contributed by atoms with E-state index in [4.69, 9.17) is 9.40 Å². The fourth-order valence-electron chi connectivity index (χ4n) is 4.69. The van der Waals surface area contributed by atoms with Gasteiger partial charge in [0.1, 0.15) is 5.58 Å². The predicted octanol–water partition coefficient (Wildman–Crippen LogP) is 7.25. The molecule has 2 aromatic heterocycles. The Bertz CT molecular complexity index is 1610. The summed E-state index contributed by atoms with van der Waals surface area (Å²) in [4.78, 5) is 5.02. The number of benzene rings is 4. The van der Waals surface area contributed by atoms with E-state index in [9.17, 15) is 0 Å². The van der Waals surface area contributed by atoms with Crippen LogP contribution in [0.4, 0.5) is 0 Å². The van der Waals surface area contributed by atoms with Gasteiger partial charge in [-0.2, -0.15) is 0 Å². The SMILES string of the molecule is [Ir].[c-]1ccc2c(oc3ccccc32)c1-c1cc2c3c(cccc3n1)-c1ccccc1-2. The molecular weight excluding hydrogens is 547 g/mol. The molecule has 4 aromatic carbocycles. The Hall–Kier alpha value is -3.26. The molecule has 0 N–H and O–H groups in total. The number of pyridine rings is 1. The monoisotopic (exact) mass is 561 g/mol. The zero-order chi connectivity index (χ0) is 18.9. The molecule has 0 saturated carbocycles. The molecule has 2 nitrogen and oxygen atoms in total. The van der Waals surface area contributed by atoms with Gasteiger partial charge in [0.15, 0.2) is 0 Å². The molecule has 1 radical (unpaired) electrons. The number of aromatic nitrogens is 1. The van der Waals surface area contributed by atoms with E-state index in [-0.39, 0.29) is 20.1 Å². The number of rotatable bonds is 1. The van der Waals surface area contributed by atoms with Gasteiger partial charge in [-0.25, -0.2) is 0 Å². The Kier molecular flexibility index (Phi) is 3.73. The predicted molar refractivity (Wildman–Crippen MR) is 118 cm³/mol. The molecule has 0 amide bonds. The van der Waals surface area contributed by atoms with Crippen molar-refractivity contribution in [2.45, 2.75) is 0 Å². The summed E-state index contributed by atoms with van der Waals surface area (Å²) in [5, 5.41) is 3.45. The second-order valence-corrected chi connectivity index (χ2v) is 7.49. The van der Waals surface area contributed by atoms with Gasteiger partial charge in [0.2, 0.25) is 0 Å². The van der Waals surface area contributed by atoms with Crippen molar-refractivity contribution in [1.29, 1.82) is 0 Å². The van der Waals surface area contributed by atoms with Gasteiger partial charge >= 0.3 is 0 Å². The van der Waals surface area contributed by atoms with Gasteiger partial charge in [0, 0.05) is 30.9 Å². The molecule has 1 aliphatic rings. The van der Waals surface area contributed by atoms with Gasteiger partial charge in [0.05, 0.1) is 11.1 Å². The summed E-state index contributed by atoms with van der Waals surface area (Å²) < 4.78 is 6.23. The molecule has 3 heteroatoms. The third kappa shape index (κ3) is 2.25. The van der Waals surface area contributed by atoms with E-state index < -0.39 is 0 Å². The number of furan rings is 1. The van der Waals surface area contributed by atoms with E-state index in [0.29, 0.717) is 0 Å². The van der Waals surface area contributed by atoms with Crippen molar-refractivity contribution in [3.8, 4) is 33.5 Å². The Morgan fingerprint density at radius 1 is 0.700 bits per heavy atom. The van der Waals surface area contributed by atoms with E-state index >= 15 is 0 Å². The summed E-state index contributed by atoms with van der Waals surface area (Å²) in [6.07, 6.45) is 0. The van der Waals surface area contributed by atoms with E-state index in [1.807, 2.05) is 24.3 Å². The summed E-state index contributed by atoms with van der Waals surface area (Å²) in [6.45, 7) is 0. The van der Waals surface area contributed by atoms with E-state index in [1.54, 1.807) is 0 Å². The summed E-state index contributed by atoms with van der Waals surface area (Å²) in [5.74, 6) is 0. The first kappa shape index (κ1) is 17.6. The van der Waals surface area contributed by atoms with Crippen molar-refractivity contribution in [3.63, 3.8) is 0 Å². The minimum Gasteiger partial charge on any atom is -0.501 e. The van der Waals surface area contributed by atoms with Crippen molar-refractivity contribution in [2.24, 2.45) is 0 Å². The van der Waals surface area contributed by atoms with Crippen LogP contribution in [0.5, 0.6) is 0 Å². The Morgan fingerprint density at radius 3 is 2.37 bits per heavy atom. The minimum atomic E-state index is 0. The first-order valence-corrected chi connectivity index (χ1v) is 9.74. The van der Waals surface area contributed by atoms with Crippen molar-refractivity contribution in [3.05, 3.63) is 91.0 Å². The fourth-order valence-corrected chi connectivity index (χ4v) is 4.69. The third-order valence-corrected chi connectivity index (χ3v) is 5.94. The van der Waals surface area contributed by atoms with Crippen molar-refractivity contribution >= 4 is 32.8 Å². The largest absolute Gasteiger partial charge is 0.501 e. The molecule has 6 aromatic rings. The Morgan fingerprint density at radius 2 is 1.47 bits per heavy atom. The van der Waals surface area contributed by atoms with Crippen LogP contribution in [0.25, 0.3) is 66.4 Å². The third-order valence-electron chi connectivity index (χ3n) is 5.94. The second-order valence-electron chi connectivity index (χ2n) is 7.49. The number of hydrogen-bond acceptors (Lipinski definition) is 2. The van der Waals surface area contributed by atoms with Crippen LogP contribution in [0.3, 0.4) is 0 Å². The van der Waals surface area contributed by atoms with E-state index in [0.717, 1.165) is 38.7 Å². The van der Waals surface area contributed by atoms with Gasteiger partial charge < -0.3 is 4.42 Å². The molecule has 0 bridgehead atoms. The zero-order valence-corrected chi connectivity index (χ0v) is 18.2. The molecule has 1 aliphatic carbocycles. The molecular formula is C27H14IrNO-. The van der Waals surface area contributed by atoms with Crippen LogP contribution >= 0.6 is 0 Å².